The van der Waals surface area contributed by atoms with Crippen LogP contribution in [0.3, 0.4) is 0 Å². The molecule has 31 heavy (non-hydrogen) atoms. The summed E-state index contributed by atoms with van der Waals surface area (Å²) >= 11 is 0. The highest BCUT2D eigenvalue weighted by atomic mass is 16.5. The molecule has 3 aromatic rings. The molecule has 1 aromatic heterocycles. The van der Waals surface area contributed by atoms with Crippen LogP contribution in [0.1, 0.15) is 43.7 Å². The molecule has 0 atom stereocenters. The summed E-state index contributed by atoms with van der Waals surface area (Å²) in [4.78, 5) is 13.5. The Bertz CT molecular complexity index is 1160. The van der Waals surface area contributed by atoms with Crippen molar-refractivity contribution >= 4 is 5.97 Å². The van der Waals surface area contributed by atoms with Gasteiger partial charge in [-0.25, -0.2) is 4.79 Å². The minimum atomic E-state index is -1.21. The first-order valence-electron chi connectivity index (χ1n) is 10.3. The van der Waals surface area contributed by atoms with Crippen molar-refractivity contribution in [2.75, 3.05) is 7.11 Å². The number of ether oxygens (including phenoxy) is 2. The fourth-order valence-corrected chi connectivity index (χ4v) is 4.61. The van der Waals surface area contributed by atoms with Gasteiger partial charge in [0.05, 0.1) is 12.7 Å². The van der Waals surface area contributed by atoms with Gasteiger partial charge in [-0.1, -0.05) is 24.3 Å². The molecule has 0 amide bonds. The fraction of sp³-hybridized carbons (Fsp3) is 0.391. The SMILES string of the molecule is COc1cccc(C2CC(C(=O)O)(n3nnc(-c4cccc5c4OC(C)(C)C5)n3)C2)c1. The maximum Gasteiger partial charge on any atom is 0.333 e. The number of carboxylic acid groups (broad SMARTS) is 1. The Labute approximate surface area is 179 Å². The van der Waals surface area contributed by atoms with E-state index in [1.54, 1.807) is 7.11 Å². The second-order valence-corrected chi connectivity index (χ2v) is 8.95. The molecule has 8 heteroatoms. The number of aliphatic carboxylic acids is 1. The van der Waals surface area contributed by atoms with E-state index in [9.17, 15) is 9.90 Å². The van der Waals surface area contributed by atoms with E-state index in [1.165, 1.54) is 4.80 Å². The lowest BCUT2D eigenvalue weighted by Crippen LogP contribution is -2.52. The third-order valence-electron chi connectivity index (χ3n) is 6.26. The molecule has 1 saturated carbocycles. The predicted molar refractivity (Wildman–Crippen MR) is 112 cm³/mol. The average Bonchev–Trinajstić information content (AvgIpc) is 3.30. The number of carboxylic acids is 1. The lowest BCUT2D eigenvalue weighted by molar-refractivity contribution is -0.155. The lowest BCUT2D eigenvalue weighted by atomic mass is 9.66. The molecule has 2 aromatic carbocycles. The zero-order chi connectivity index (χ0) is 21.8. The molecule has 1 N–H and O–H groups in total. The predicted octanol–water partition coefficient (Wildman–Crippen LogP) is 3.42. The highest BCUT2D eigenvalue weighted by Crippen LogP contribution is 2.50. The van der Waals surface area contributed by atoms with E-state index >= 15 is 0 Å². The molecule has 0 radical (unpaired) electrons. The Kier molecular flexibility index (Phi) is 4.28. The largest absolute Gasteiger partial charge is 0.497 e. The summed E-state index contributed by atoms with van der Waals surface area (Å²) in [7, 11) is 1.62. The maximum absolute atomic E-state index is 12.2. The third kappa shape index (κ3) is 3.13. The van der Waals surface area contributed by atoms with Gasteiger partial charge in [-0.05, 0) is 67.1 Å². The molecule has 0 saturated heterocycles. The van der Waals surface area contributed by atoms with Gasteiger partial charge in [-0.15, -0.1) is 15.0 Å². The molecule has 1 aliphatic heterocycles. The Morgan fingerprint density at radius 3 is 2.74 bits per heavy atom. The number of hydrogen-bond acceptors (Lipinski definition) is 6. The Morgan fingerprint density at radius 1 is 1.23 bits per heavy atom. The van der Waals surface area contributed by atoms with Crippen LogP contribution in [0.15, 0.2) is 42.5 Å². The van der Waals surface area contributed by atoms with Gasteiger partial charge in [0.1, 0.15) is 17.1 Å². The van der Waals surface area contributed by atoms with E-state index in [1.807, 2.05) is 56.3 Å². The number of tetrazole rings is 1. The zero-order valence-corrected chi connectivity index (χ0v) is 17.7. The van der Waals surface area contributed by atoms with Crippen LogP contribution in [0.4, 0.5) is 0 Å². The van der Waals surface area contributed by atoms with Crippen molar-refractivity contribution in [2.24, 2.45) is 0 Å². The van der Waals surface area contributed by atoms with Crippen molar-refractivity contribution in [3.05, 3.63) is 53.6 Å². The molecular formula is C23H24N4O4. The monoisotopic (exact) mass is 420 g/mol. The lowest BCUT2D eigenvalue weighted by Gasteiger charge is -2.43. The highest BCUT2D eigenvalue weighted by Gasteiger charge is 2.55. The number of nitrogens with zero attached hydrogens (tertiary/aromatic N) is 4. The standard InChI is InChI=1S/C23H24N4O4/c1-22(2)11-15-7-5-9-18(19(15)31-22)20-24-26-27(25-20)23(21(28)29)12-16(13-23)14-6-4-8-17(10-14)30-3/h4-10,16H,11-13H2,1-3H3,(H,28,29). The summed E-state index contributed by atoms with van der Waals surface area (Å²) in [6.07, 6.45) is 1.58. The number of carbonyl (C=O) groups is 1. The van der Waals surface area contributed by atoms with Gasteiger partial charge in [0, 0.05) is 6.42 Å². The molecule has 8 nitrogen and oxygen atoms in total. The van der Waals surface area contributed by atoms with Crippen molar-refractivity contribution in [3.63, 3.8) is 0 Å². The van der Waals surface area contributed by atoms with Gasteiger partial charge in [-0.2, -0.15) is 0 Å². The summed E-state index contributed by atoms with van der Waals surface area (Å²) in [6.45, 7) is 4.07. The summed E-state index contributed by atoms with van der Waals surface area (Å²) in [5, 5.41) is 22.9. The molecule has 1 aliphatic carbocycles. The minimum absolute atomic E-state index is 0.0887. The second kappa shape index (κ2) is 6.80. The first-order valence-corrected chi connectivity index (χ1v) is 10.3. The van der Waals surface area contributed by atoms with Crippen molar-refractivity contribution in [1.82, 2.24) is 20.2 Å². The van der Waals surface area contributed by atoms with Gasteiger partial charge in [-0.3, -0.25) is 0 Å². The van der Waals surface area contributed by atoms with Crippen molar-refractivity contribution in [3.8, 4) is 22.9 Å². The van der Waals surface area contributed by atoms with E-state index < -0.39 is 11.5 Å². The Balaban J connectivity index is 1.44. The van der Waals surface area contributed by atoms with Crippen molar-refractivity contribution in [2.45, 2.75) is 50.2 Å². The summed E-state index contributed by atoms with van der Waals surface area (Å²) < 4.78 is 11.4. The van der Waals surface area contributed by atoms with E-state index in [4.69, 9.17) is 9.47 Å². The molecule has 160 valence electrons. The fourth-order valence-electron chi connectivity index (χ4n) is 4.61. The van der Waals surface area contributed by atoms with E-state index in [0.717, 1.165) is 34.6 Å². The number of methoxy groups -OCH3 is 1. The number of benzene rings is 2. The Hall–Kier alpha value is -3.42. The normalized spacial score (nSPS) is 23.5. The summed E-state index contributed by atoms with van der Waals surface area (Å²) in [6, 6.07) is 13.6. The number of rotatable bonds is 5. The summed E-state index contributed by atoms with van der Waals surface area (Å²) in [5.74, 6) is 1.02. The average molecular weight is 420 g/mol. The molecule has 2 aliphatic rings. The van der Waals surface area contributed by atoms with Crippen LogP contribution in [0.25, 0.3) is 11.4 Å². The summed E-state index contributed by atoms with van der Waals surface area (Å²) in [5.41, 5.74) is 1.37. The van der Waals surface area contributed by atoms with Gasteiger partial charge in [0.15, 0.2) is 5.54 Å². The van der Waals surface area contributed by atoms with Crippen LogP contribution in [0.5, 0.6) is 11.5 Å². The molecule has 1 fully saturated rings. The molecule has 0 bridgehead atoms. The Morgan fingerprint density at radius 2 is 2.00 bits per heavy atom. The topological polar surface area (TPSA) is 99.4 Å². The maximum atomic E-state index is 12.2. The minimum Gasteiger partial charge on any atom is -0.497 e. The van der Waals surface area contributed by atoms with Crippen LogP contribution in [-0.4, -0.2) is 44.0 Å². The van der Waals surface area contributed by atoms with Crippen LogP contribution < -0.4 is 9.47 Å². The van der Waals surface area contributed by atoms with Gasteiger partial charge in [0.25, 0.3) is 0 Å². The highest BCUT2D eigenvalue weighted by molar-refractivity contribution is 5.78. The van der Waals surface area contributed by atoms with E-state index in [0.29, 0.717) is 18.7 Å². The first-order chi connectivity index (χ1) is 14.8. The molecule has 0 unspecified atom stereocenters. The van der Waals surface area contributed by atoms with Crippen LogP contribution in [0, 0.1) is 0 Å². The van der Waals surface area contributed by atoms with Crippen LogP contribution in [-0.2, 0) is 16.8 Å². The zero-order valence-electron chi connectivity index (χ0n) is 17.7. The first kappa shape index (κ1) is 19.5. The van der Waals surface area contributed by atoms with E-state index in [-0.39, 0.29) is 11.5 Å². The number of fused-ring (bicyclic) bond motifs is 1. The number of aromatic nitrogens is 4. The van der Waals surface area contributed by atoms with Crippen LogP contribution in [0.2, 0.25) is 0 Å². The van der Waals surface area contributed by atoms with Gasteiger partial charge in [0.2, 0.25) is 5.82 Å². The van der Waals surface area contributed by atoms with Gasteiger partial charge < -0.3 is 14.6 Å². The number of para-hydroxylation sites is 1. The van der Waals surface area contributed by atoms with Crippen molar-refractivity contribution < 1.29 is 19.4 Å². The molecule has 2 heterocycles. The molecule has 0 spiro atoms. The number of hydrogen-bond donors (Lipinski definition) is 1. The third-order valence-corrected chi connectivity index (χ3v) is 6.26. The molecular weight excluding hydrogens is 396 g/mol. The van der Waals surface area contributed by atoms with Crippen LogP contribution >= 0.6 is 0 Å². The smallest absolute Gasteiger partial charge is 0.333 e. The molecule has 5 rings (SSSR count). The van der Waals surface area contributed by atoms with Gasteiger partial charge >= 0.3 is 5.97 Å². The van der Waals surface area contributed by atoms with Crippen molar-refractivity contribution in [1.29, 1.82) is 0 Å². The quantitative estimate of drug-likeness (QED) is 0.675. The van der Waals surface area contributed by atoms with E-state index in [2.05, 4.69) is 15.4 Å². The second-order valence-electron chi connectivity index (χ2n) is 8.95.